The van der Waals surface area contributed by atoms with Gasteiger partial charge in [0, 0.05) is 11.1 Å². The predicted octanol–water partition coefficient (Wildman–Crippen LogP) is 2.63. The summed E-state index contributed by atoms with van der Waals surface area (Å²) in [6.07, 6.45) is 1.69. The first-order chi connectivity index (χ1) is 5.40. The zero-order valence-electron chi connectivity index (χ0n) is 5.87. The Morgan fingerprint density at radius 1 is 1.27 bits per heavy atom. The van der Waals surface area contributed by atoms with Crippen LogP contribution in [0, 0.1) is 0 Å². The second-order valence-electron chi connectivity index (χ2n) is 2.32. The largest absolute Gasteiger partial charge is 0.464 e. The van der Waals surface area contributed by atoms with Crippen LogP contribution in [-0.4, -0.2) is 0 Å². The molecule has 0 aliphatic heterocycles. The Bertz CT molecular complexity index is 369. The number of anilines is 1. The van der Waals surface area contributed by atoms with E-state index in [4.69, 9.17) is 4.42 Å². The van der Waals surface area contributed by atoms with E-state index >= 15 is 0 Å². The molecule has 1 unspecified atom stereocenters. The fraction of sp³-hybridized carbons (Fsp3) is 0. The van der Waals surface area contributed by atoms with Crippen molar-refractivity contribution in [1.29, 1.82) is 0 Å². The minimum Gasteiger partial charge on any atom is -0.464 e. The monoisotopic (exact) mass is 165 g/mol. The molecule has 0 aliphatic carbocycles. The summed E-state index contributed by atoms with van der Waals surface area (Å²) >= 11 is 0. The van der Waals surface area contributed by atoms with E-state index in [-0.39, 0.29) is 0 Å². The Morgan fingerprint density at radius 2 is 2.18 bits per heavy atom. The lowest BCUT2D eigenvalue weighted by Crippen LogP contribution is -1.76. The number of benzene rings is 1. The molecule has 0 spiro atoms. The lowest BCUT2D eigenvalue weighted by molar-refractivity contribution is 0.616. The summed E-state index contributed by atoms with van der Waals surface area (Å²) in [6.45, 7) is 0. The Hall–Kier alpha value is -1.01. The normalized spacial score (nSPS) is 10.3. The molecule has 1 atom stereocenters. The summed E-state index contributed by atoms with van der Waals surface area (Å²) in [5.41, 5.74) is 2.00. The van der Waals surface area contributed by atoms with Gasteiger partial charge in [0.1, 0.15) is 5.58 Å². The molecular weight excluding hydrogens is 157 g/mol. The van der Waals surface area contributed by atoms with E-state index in [1.54, 1.807) is 6.26 Å². The average Bonchev–Trinajstić information content (AvgIpc) is 2.50. The van der Waals surface area contributed by atoms with E-state index in [2.05, 4.69) is 14.5 Å². The zero-order valence-corrected chi connectivity index (χ0v) is 7.03. The average molecular weight is 165 g/mol. The van der Waals surface area contributed by atoms with Gasteiger partial charge in [0.15, 0.2) is 0 Å². The molecule has 0 saturated heterocycles. The highest BCUT2D eigenvalue weighted by molar-refractivity contribution is 7.18. The summed E-state index contributed by atoms with van der Waals surface area (Å²) in [6, 6.07) is 7.90. The van der Waals surface area contributed by atoms with E-state index in [1.807, 2.05) is 24.3 Å². The maximum atomic E-state index is 5.18. The molecule has 0 bridgehead atoms. The van der Waals surface area contributed by atoms with E-state index in [9.17, 15) is 0 Å². The molecule has 11 heavy (non-hydrogen) atoms. The van der Waals surface area contributed by atoms with Gasteiger partial charge in [0.2, 0.25) is 0 Å². The molecule has 2 aromatic rings. The SMILES string of the molecule is PNc1ccc2occc2c1. The Balaban J connectivity index is 2.67. The quantitative estimate of drug-likeness (QED) is 0.657. The van der Waals surface area contributed by atoms with Crippen LogP contribution in [0.5, 0.6) is 0 Å². The first kappa shape index (κ1) is 6.68. The molecule has 2 nitrogen and oxygen atoms in total. The van der Waals surface area contributed by atoms with Crippen molar-refractivity contribution < 1.29 is 4.42 Å². The van der Waals surface area contributed by atoms with Crippen molar-refractivity contribution in [2.75, 3.05) is 5.09 Å². The van der Waals surface area contributed by atoms with E-state index in [1.165, 1.54) is 0 Å². The highest BCUT2D eigenvalue weighted by Crippen LogP contribution is 2.20. The molecule has 1 N–H and O–H groups in total. The van der Waals surface area contributed by atoms with Crippen LogP contribution in [0.2, 0.25) is 0 Å². The van der Waals surface area contributed by atoms with Crippen molar-refractivity contribution >= 4 is 26.0 Å². The molecule has 3 heteroatoms. The van der Waals surface area contributed by atoms with Crippen LogP contribution in [-0.2, 0) is 0 Å². The van der Waals surface area contributed by atoms with E-state index in [0.717, 1.165) is 16.7 Å². The number of fused-ring (bicyclic) bond motifs is 1. The minimum atomic E-state index is 0.925. The predicted molar refractivity (Wildman–Crippen MR) is 49.5 cm³/mol. The van der Waals surface area contributed by atoms with Crippen molar-refractivity contribution in [3.63, 3.8) is 0 Å². The van der Waals surface area contributed by atoms with Crippen LogP contribution >= 0.6 is 9.39 Å². The van der Waals surface area contributed by atoms with Gasteiger partial charge >= 0.3 is 0 Å². The number of nitrogens with one attached hydrogen (secondary N) is 1. The molecule has 1 aromatic carbocycles. The van der Waals surface area contributed by atoms with Crippen LogP contribution in [0.25, 0.3) is 11.0 Å². The third-order valence-corrected chi connectivity index (χ3v) is 1.95. The number of furan rings is 1. The summed E-state index contributed by atoms with van der Waals surface area (Å²) in [5, 5.41) is 4.11. The first-order valence-corrected chi connectivity index (χ1v) is 3.92. The molecule has 0 radical (unpaired) electrons. The second kappa shape index (κ2) is 2.55. The molecular formula is C8H8NOP. The Kier molecular flexibility index (Phi) is 1.55. The van der Waals surface area contributed by atoms with Crippen LogP contribution in [0.15, 0.2) is 34.9 Å². The van der Waals surface area contributed by atoms with Gasteiger partial charge in [-0.05, 0) is 33.7 Å². The van der Waals surface area contributed by atoms with Crippen molar-refractivity contribution in [3.8, 4) is 0 Å². The van der Waals surface area contributed by atoms with Gasteiger partial charge < -0.3 is 9.50 Å². The molecule has 0 amide bonds. The zero-order chi connectivity index (χ0) is 7.68. The fourth-order valence-electron chi connectivity index (χ4n) is 1.06. The number of hydrogen-bond donors (Lipinski definition) is 1. The second-order valence-corrected chi connectivity index (χ2v) is 2.61. The van der Waals surface area contributed by atoms with Crippen molar-refractivity contribution in [3.05, 3.63) is 30.5 Å². The van der Waals surface area contributed by atoms with Crippen molar-refractivity contribution in [1.82, 2.24) is 0 Å². The van der Waals surface area contributed by atoms with Crippen LogP contribution in [0.4, 0.5) is 5.69 Å². The number of rotatable bonds is 1. The van der Waals surface area contributed by atoms with Gasteiger partial charge in [-0.25, -0.2) is 0 Å². The number of hydrogen-bond acceptors (Lipinski definition) is 2. The molecule has 1 heterocycles. The molecule has 0 saturated carbocycles. The topological polar surface area (TPSA) is 25.2 Å². The Morgan fingerprint density at radius 3 is 3.00 bits per heavy atom. The fourth-order valence-corrected chi connectivity index (χ4v) is 1.24. The van der Waals surface area contributed by atoms with Gasteiger partial charge in [0.25, 0.3) is 0 Å². The molecule has 0 fully saturated rings. The van der Waals surface area contributed by atoms with Crippen LogP contribution in [0.3, 0.4) is 0 Å². The summed E-state index contributed by atoms with van der Waals surface area (Å²) in [7, 11) is 2.46. The van der Waals surface area contributed by atoms with E-state index < -0.39 is 0 Å². The molecule has 1 aromatic heterocycles. The molecule has 0 aliphatic rings. The summed E-state index contributed by atoms with van der Waals surface area (Å²) in [5.74, 6) is 0. The summed E-state index contributed by atoms with van der Waals surface area (Å²) < 4.78 is 5.18. The van der Waals surface area contributed by atoms with Crippen molar-refractivity contribution in [2.24, 2.45) is 0 Å². The third-order valence-electron chi connectivity index (χ3n) is 1.62. The van der Waals surface area contributed by atoms with Gasteiger partial charge in [-0.2, -0.15) is 0 Å². The van der Waals surface area contributed by atoms with Crippen LogP contribution < -0.4 is 5.09 Å². The van der Waals surface area contributed by atoms with Crippen molar-refractivity contribution in [2.45, 2.75) is 0 Å². The highest BCUT2D eigenvalue weighted by atomic mass is 31.0. The maximum absolute atomic E-state index is 5.18. The lowest BCUT2D eigenvalue weighted by Gasteiger charge is -1.96. The first-order valence-electron chi connectivity index (χ1n) is 3.34. The lowest BCUT2D eigenvalue weighted by atomic mass is 10.2. The van der Waals surface area contributed by atoms with Crippen LogP contribution in [0.1, 0.15) is 0 Å². The molecule has 2 rings (SSSR count). The van der Waals surface area contributed by atoms with Gasteiger partial charge in [-0.1, -0.05) is 0 Å². The molecule has 56 valence electrons. The maximum Gasteiger partial charge on any atom is 0.133 e. The van der Waals surface area contributed by atoms with Gasteiger partial charge in [0.05, 0.1) is 6.26 Å². The third kappa shape index (κ3) is 1.10. The van der Waals surface area contributed by atoms with Gasteiger partial charge in [-0.3, -0.25) is 0 Å². The Labute approximate surface area is 66.8 Å². The smallest absolute Gasteiger partial charge is 0.133 e. The standard InChI is InChI=1S/C8H8NOP/c11-9-7-1-2-8-6(5-7)3-4-10-8/h1-5,9H,11H2. The van der Waals surface area contributed by atoms with Gasteiger partial charge in [-0.15, -0.1) is 0 Å². The minimum absolute atomic E-state index is 0.925. The highest BCUT2D eigenvalue weighted by Gasteiger charge is 1.95. The summed E-state index contributed by atoms with van der Waals surface area (Å²) in [4.78, 5) is 0. The van der Waals surface area contributed by atoms with E-state index in [0.29, 0.717) is 0 Å².